The predicted molar refractivity (Wildman–Crippen MR) is 124 cm³/mol. The van der Waals surface area contributed by atoms with Gasteiger partial charge in [0.15, 0.2) is 0 Å². The van der Waals surface area contributed by atoms with E-state index in [1.54, 1.807) is 41.2 Å². The molecule has 6 heteroatoms. The first-order chi connectivity index (χ1) is 15.7. The van der Waals surface area contributed by atoms with E-state index in [0.717, 1.165) is 30.6 Å². The van der Waals surface area contributed by atoms with E-state index in [0.29, 0.717) is 23.2 Å². The van der Waals surface area contributed by atoms with Crippen LogP contribution in [-0.4, -0.2) is 35.0 Å². The third-order valence-corrected chi connectivity index (χ3v) is 4.99. The maximum Gasteiger partial charge on any atom is 0.251 e. The SMILES string of the molecule is N#Cc1cccc(C#Cc2cc(C(=O)NCCCC3=CCN=C3)ccc2-n2cccn2)c1. The average molecular weight is 419 g/mol. The fourth-order valence-corrected chi connectivity index (χ4v) is 3.35. The molecule has 0 fully saturated rings. The Bertz CT molecular complexity index is 1280. The number of rotatable bonds is 6. The molecule has 2 aromatic carbocycles. The lowest BCUT2D eigenvalue weighted by Gasteiger charge is -2.09. The smallest absolute Gasteiger partial charge is 0.251 e. The van der Waals surface area contributed by atoms with Crippen molar-refractivity contribution in [1.82, 2.24) is 15.1 Å². The molecule has 6 nitrogen and oxygen atoms in total. The van der Waals surface area contributed by atoms with Crippen LogP contribution >= 0.6 is 0 Å². The van der Waals surface area contributed by atoms with E-state index < -0.39 is 0 Å². The Kier molecular flexibility index (Phi) is 6.55. The molecule has 0 bridgehead atoms. The van der Waals surface area contributed by atoms with Gasteiger partial charge in [-0.05, 0) is 60.9 Å². The Morgan fingerprint density at radius 1 is 1.12 bits per heavy atom. The summed E-state index contributed by atoms with van der Waals surface area (Å²) in [6.45, 7) is 1.35. The Labute approximate surface area is 186 Å². The first kappa shape index (κ1) is 20.8. The molecule has 0 radical (unpaired) electrons. The molecule has 156 valence electrons. The summed E-state index contributed by atoms with van der Waals surface area (Å²) < 4.78 is 1.72. The normalized spacial score (nSPS) is 11.9. The van der Waals surface area contributed by atoms with Crippen molar-refractivity contribution in [2.24, 2.45) is 4.99 Å². The van der Waals surface area contributed by atoms with Crippen LogP contribution in [0.25, 0.3) is 5.69 Å². The summed E-state index contributed by atoms with van der Waals surface area (Å²) in [7, 11) is 0. The van der Waals surface area contributed by atoms with E-state index in [4.69, 9.17) is 5.26 Å². The van der Waals surface area contributed by atoms with Crippen LogP contribution in [0, 0.1) is 23.2 Å². The number of nitrogens with one attached hydrogen (secondary N) is 1. The van der Waals surface area contributed by atoms with Crippen molar-refractivity contribution in [2.75, 3.05) is 13.1 Å². The molecule has 0 saturated heterocycles. The lowest BCUT2D eigenvalue weighted by molar-refractivity contribution is 0.0953. The van der Waals surface area contributed by atoms with Gasteiger partial charge in [0.25, 0.3) is 5.91 Å². The Morgan fingerprint density at radius 2 is 2.03 bits per heavy atom. The topological polar surface area (TPSA) is 83.1 Å². The summed E-state index contributed by atoms with van der Waals surface area (Å²) in [5.41, 5.74) is 4.50. The number of nitrogens with zero attached hydrogens (tertiary/aromatic N) is 4. The summed E-state index contributed by atoms with van der Waals surface area (Å²) in [6, 6.07) is 16.5. The number of aromatic nitrogens is 2. The van der Waals surface area contributed by atoms with Crippen molar-refractivity contribution >= 4 is 12.1 Å². The van der Waals surface area contributed by atoms with Gasteiger partial charge in [0.2, 0.25) is 0 Å². The van der Waals surface area contributed by atoms with Crippen molar-refractivity contribution in [1.29, 1.82) is 5.26 Å². The minimum absolute atomic E-state index is 0.138. The molecule has 1 amide bonds. The van der Waals surface area contributed by atoms with Crippen LogP contribution in [0.4, 0.5) is 0 Å². The van der Waals surface area contributed by atoms with Crippen LogP contribution in [0.15, 0.2) is 77.6 Å². The van der Waals surface area contributed by atoms with Crippen LogP contribution in [0.3, 0.4) is 0 Å². The Hall–Kier alpha value is -4.42. The van der Waals surface area contributed by atoms with Gasteiger partial charge in [-0.3, -0.25) is 9.79 Å². The quantitative estimate of drug-likeness (QED) is 0.489. The lowest BCUT2D eigenvalue weighted by Crippen LogP contribution is -2.24. The number of hydrogen-bond donors (Lipinski definition) is 1. The molecule has 1 aromatic heterocycles. The van der Waals surface area contributed by atoms with Crippen molar-refractivity contribution in [3.8, 4) is 23.6 Å². The summed E-state index contributed by atoms with van der Waals surface area (Å²) in [4.78, 5) is 16.9. The lowest BCUT2D eigenvalue weighted by atomic mass is 10.1. The van der Waals surface area contributed by atoms with Crippen LogP contribution in [-0.2, 0) is 0 Å². The number of allylic oxidation sites excluding steroid dienone is 1. The van der Waals surface area contributed by atoms with Gasteiger partial charge in [-0.25, -0.2) is 4.68 Å². The highest BCUT2D eigenvalue weighted by Gasteiger charge is 2.10. The van der Waals surface area contributed by atoms with Gasteiger partial charge < -0.3 is 5.32 Å². The summed E-state index contributed by atoms with van der Waals surface area (Å²) in [5, 5.41) is 16.4. The van der Waals surface area contributed by atoms with Crippen molar-refractivity contribution in [3.05, 3.63) is 94.8 Å². The number of benzene rings is 2. The number of nitriles is 1. The van der Waals surface area contributed by atoms with Gasteiger partial charge >= 0.3 is 0 Å². The number of carbonyl (C=O) groups is 1. The molecule has 0 aliphatic carbocycles. The summed E-state index contributed by atoms with van der Waals surface area (Å²) in [6.07, 6.45) is 9.29. The second-order valence-electron chi connectivity index (χ2n) is 7.26. The van der Waals surface area contributed by atoms with Gasteiger partial charge in [-0.2, -0.15) is 10.4 Å². The standard InChI is InChI=1S/C26H21N5O/c27-18-22-5-1-4-20(16-22)7-8-23-17-24(9-10-25(23)31-15-3-13-30-31)26(32)29-12-2-6-21-11-14-28-19-21/h1,3-5,9-11,13,15-17,19H,2,6,12,14H2,(H,29,32). The molecule has 32 heavy (non-hydrogen) atoms. The molecule has 1 N–H and O–H groups in total. The van der Waals surface area contributed by atoms with Crippen LogP contribution in [0.1, 0.15) is 39.9 Å². The number of aliphatic imine (C=N–C) groups is 1. The molecule has 0 saturated carbocycles. The third-order valence-electron chi connectivity index (χ3n) is 4.99. The summed E-state index contributed by atoms with van der Waals surface area (Å²) >= 11 is 0. The Balaban J connectivity index is 1.53. The molecule has 1 aliphatic heterocycles. The van der Waals surface area contributed by atoms with Gasteiger partial charge in [0.05, 0.1) is 29.4 Å². The van der Waals surface area contributed by atoms with Crippen molar-refractivity contribution < 1.29 is 4.79 Å². The zero-order valence-corrected chi connectivity index (χ0v) is 17.5. The van der Waals surface area contributed by atoms with Gasteiger partial charge in [-0.15, -0.1) is 0 Å². The van der Waals surface area contributed by atoms with Crippen molar-refractivity contribution in [2.45, 2.75) is 12.8 Å². The monoisotopic (exact) mass is 419 g/mol. The number of hydrogen-bond acceptors (Lipinski definition) is 4. The highest BCUT2D eigenvalue weighted by molar-refractivity contribution is 5.95. The molecule has 3 aromatic rings. The zero-order valence-electron chi connectivity index (χ0n) is 17.5. The molecule has 2 heterocycles. The van der Waals surface area contributed by atoms with Crippen LogP contribution < -0.4 is 5.32 Å². The number of carbonyl (C=O) groups excluding carboxylic acids is 1. The van der Waals surface area contributed by atoms with E-state index in [1.165, 1.54) is 5.57 Å². The third kappa shape index (κ3) is 5.19. The molecule has 0 spiro atoms. The van der Waals surface area contributed by atoms with Gasteiger partial charge in [0, 0.05) is 36.3 Å². The summed E-state index contributed by atoms with van der Waals surface area (Å²) in [5.74, 6) is 6.10. The zero-order chi connectivity index (χ0) is 22.2. The van der Waals surface area contributed by atoms with Gasteiger partial charge in [0.1, 0.15) is 0 Å². The number of amides is 1. The van der Waals surface area contributed by atoms with E-state index >= 15 is 0 Å². The first-order valence-corrected chi connectivity index (χ1v) is 10.4. The van der Waals surface area contributed by atoms with E-state index in [-0.39, 0.29) is 5.91 Å². The van der Waals surface area contributed by atoms with E-state index in [9.17, 15) is 4.79 Å². The van der Waals surface area contributed by atoms with Crippen molar-refractivity contribution in [3.63, 3.8) is 0 Å². The maximum atomic E-state index is 12.7. The fraction of sp³-hybridized carbons (Fsp3) is 0.154. The average Bonchev–Trinajstić information content (AvgIpc) is 3.55. The highest BCUT2D eigenvalue weighted by Crippen LogP contribution is 2.16. The van der Waals surface area contributed by atoms with Gasteiger partial charge in [-0.1, -0.05) is 24.0 Å². The fourth-order valence-electron chi connectivity index (χ4n) is 3.35. The van der Waals surface area contributed by atoms with Crippen LogP contribution in [0.5, 0.6) is 0 Å². The van der Waals surface area contributed by atoms with E-state index in [2.05, 4.69) is 39.4 Å². The first-order valence-electron chi connectivity index (χ1n) is 10.4. The molecule has 4 rings (SSSR count). The minimum Gasteiger partial charge on any atom is -0.352 e. The molecule has 1 aliphatic rings. The minimum atomic E-state index is -0.138. The second-order valence-corrected chi connectivity index (χ2v) is 7.26. The highest BCUT2D eigenvalue weighted by atomic mass is 16.1. The molecular formula is C26H21N5O. The van der Waals surface area contributed by atoms with Crippen LogP contribution in [0.2, 0.25) is 0 Å². The largest absolute Gasteiger partial charge is 0.352 e. The Morgan fingerprint density at radius 3 is 2.81 bits per heavy atom. The predicted octanol–water partition coefficient (Wildman–Crippen LogP) is 3.66. The second kappa shape index (κ2) is 10.1. The molecular weight excluding hydrogens is 398 g/mol. The van der Waals surface area contributed by atoms with E-state index in [1.807, 2.05) is 30.6 Å². The molecule has 0 atom stereocenters. The molecule has 0 unspecified atom stereocenters. The maximum absolute atomic E-state index is 12.7.